The van der Waals surface area contributed by atoms with E-state index in [1.807, 2.05) is 12.5 Å². The minimum atomic E-state index is 0.336. The Morgan fingerprint density at radius 1 is 1.29 bits per heavy atom. The number of nitrogens with one attached hydrogen (secondary N) is 1. The fourth-order valence-electron chi connectivity index (χ4n) is 2.18. The molecule has 0 fully saturated rings. The van der Waals surface area contributed by atoms with Crippen LogP contribution in [0.4, 0.5) is 5.82 Å². The molecule has 0 saturated carbocycles. The maximum atomic E-state index is 4.77. The highest BCUT2D eigenvalue weighted by molar-refractivity contribution is 14.1. The highest BCUT2D eigenvalue weighted by Crippen LogP contribution is 2.26. The summed E-state index contributed by atoms with van der Waals surface area (Å²) < 4.78 is 3.23. The Kier molecular flexibility index (Phi) is 5.55. The first-order valence-electron chi connectivity index (χ1n) is 7.40. The summed E-state index contributed by atoms with van der Waals surface area (Å²) in [5.74, 6) is 1.67. The number of anilines is 1. The molecule has 2 rings (SSSR count). The molecule has 0 saturated heterocycles. The van der Waals surface area contributed by atoms with Crippen LogP contribution >= 0.6 is 22.6 Å². The summed E-state index contributed by atoms with van der Waals surface area (Å²) in [5, 5.41) is 3.34. The fourth-order valence-corrected chi connectivity index (χ4v) is 2.89. The van der Waals surface area contributed by atoms with Crippen LogP contribution in [0, 0.1) is 3.57 Å². The molecule has 0 radical (unpaired) electrons. The zero-order valence-electron chi connectivity index (χ0n) is 13.0. The Morgan fingerprint density at radius 3 is 2.67 bits per heavy atom. The molecule has 21 heavy (non-hydrogen) atoms. The highest BCUT2D eigenvalue weighted by atomic mass is 127. The largest absolute Gasteiger partial charge is 0.369 e. The minimum absolute atomic E-state index is 0.336. The number of aromatic nitrogens is 4. The third-order valence-electron chi connectivity index (χ3n) is 3.20. The first-order chi connectivity index (χ1) is 10.1. The zero-order chi connectivity index (χ0) is 15.4. The van der Waals surface area contributed by atoms with E-state index in [0.717, 1.165) is 46.0 Å². The molecular formula is C15H22IN5. The van der Waals surface area contributed by atoms with Crippen molar-refractivity contribution in [2.45, 2.75) is 46.6 Å². The summed E-state index contributed by atoms with van der Waals surface area (Å²) >= 11 is 2.33. The first kappa shape index (κ1) is 16.2. The number of hydrogen-bond donors (Lipinski definition) is 1. The second-order valence-corrected chi connectivity index (χ2v) is 6.30. The Labute approximate surface area is 139 Å². The molecule has 2 aromatic rings. The third-order valence-corrected chi connectivity index (χ3v) is 4.34. The minimum Gasteiger partial charge on any atom is -0.369 e. The van der Waals surface area contributed by atoms with E-state index in [1.54, 1.807) is 0 Å². The van der Waals surface area contributed by atoms with Crippen LogP contribution in [-0.2, 0) is 6.42 Å². The average Bonchev–Trinajstić information content (AvgIpc) is 2.93. The van der Waals surface area contributed by atoms with Gasteiger partial charge >= 0.3 is 0 Å². The van der Waals surface area contributed by atoms with Crippen LogP contribution in [0.5, 0.6) is 0 Å². The second-order valence-electron chi connectivity index (χ2n) is 5.22. The monoisotopic (exact) mass is 399 g/mol. The van der Waals surface area contributed by atoms with Crippen molar-refractivity contribution in [1.82, 2.24) is 19.5 Å². The molecule has 0 bridgehead atoms. The predicted octanol–water partition coefficient (Wildman–Crippen LogP) is 3.91. The van der Waals surface area contributed by atoms with E-state index in [-0.39, 0.29) is 0 Å². The van der Waals surface area contributed by atoms with Crippen LogP contribution < -0.4 is 5.32 Å². The third kappa shape index (κ3) is 3.53. The van der Waals surface area contributed by atoms with Crippen molar-refractivity contribution >= 4 is 28.4 Å². The lowest BCUT2D eigenvalue weighted by Gasteiger charge is -2.14. The average molecular weight is 399 g/mol. The second kappa shape index (κ2) is 7.20. The molecule has 114 valence electrons. The molecule has 0 amide bonds. The number of rotatable bonds is 6. The van der Waals surface area contributed by atoms with Gasteiger partial charge in [0.15, 0.2) is 5.82 Å². The summed E-state index contributed by atoms with van der Waals surface area (Å²) in [6, 6.07) is 0.336. The maximum Gasteiger partial charge on any atom is 0.180 e. The van der Waals surface area contributed by atoms with Crippen molar-refractivity contribution in [2.24, 2.45) is 0 Å². The maximum absolute atomic E-state index is 4.77. The van der Waals surface area contributed by atoms with Crippen molar-refractivity contribution < 1.29 is 0 Å². The molecule has 0 aromatic carbocycles. The van der Waals surface area contributed by atoms with Crippen molar-refractivity contribution in [3.8, 4) is 11.5 Å². The van der Waals surface area contributed by atoms with Crippen LogP contribution in [0.25, 0.3) is 11.5 Å². The molecular weight excluding hydrogens is 377 g/mol. The Hall–Kier alpha value is -1.18. The van der Waals surface area contributed by atoms with Gasteiger partial charge in [0.2, 0.25) is 0 Å². The van der Waals surface area contributed by atoms with E-state index < -0.39 is 0 Å². The van der Waals surface area contributed by atoms with Crippen LogP contribution in [0.3, 0.4) is 0 Å². The molecule has 1 N–H and O–H groups in total. The molecule has 2 aromatic heterocycles. The number of hydrogen-bond acceptors (Lipinski definition) is 4. The molecule has 0 unspecified atom stereocenters. The van der Waals surface area contributed by atoms with Crippen molar-refractivity contribution in [2.75, 3.05) is 11.9 Å². The lowest BCUT2D eigenvalue weighted by molar-refractivity contribution is 0.603. The quantitative estimate of drug-likeness (QED) is 0.749. The summed E-state index contributed by atoms with van der Waals surface area (Å²) in [5.41, 5.74) is 2.08. The fraction of sp³-hybridized carbons (Fsp3) is 0.533. The summed E-state index contributed by atoms with van der Waals surface area (Å²) in [7, 11) is 0. The molecule has 0 spiro atoms. The van der Waals surface area contributed by atoms with Gasteiger partial charge in [-0.3, -0.25) is 0 Å². The van der Waals surface area contributed by atoms with E-state index in [1.165, 1.54) is 0 Å². The standard InChI is InChI=1S/C15H22IN5/c1-5-7-11-13(16)15(18-6-2)20-14(19-11)12-8-17-9-21(12)10(3)4/h8-10H,5-7H2,1-4H3,(H,18,19,20). The smallest absolute Gasteiger partial charge is 0.180 e. The van der Waals surface area contributed by atoms with E-state index >= 15 is 0 Å². The Bertz CT molecular complexity index is 579. The van der Waals surface area contributed by atoms with Gasteiger partial charge in [0.05, 0.1) is 21.8 Å². The molecule has 0 aliphatic heterocycles. The Morgan fingerprint density at radius 2 is 2.05 bits per heavy atom. The number of aryl methyl sites for hydroxylation is 1. The van der Waals surface area contributed by atoms with Crippen LogP contribution in [0.2, 0.25) is 0 Å². The van der Waals surface area contributed by atoms with Gasteiger partial charge in [0.1, 0.15) is 11.5 Å². The van der Waals surface area contributed by atoms with Crippen LogP contribution in [0.15, 0.2) is 12.5 Å². The normalized spacial score (nSPS) is 11.1. The van der Waals surface area contributed by atoms with Gasteiger partial charge in [-0.1, -0.05) is 13.3 Å². The molecule has 0 aliphatic carbocycles. The van der Waals surface area contributed by atoms with E-state index in [0.29, 0.717) is 6.04 Å². The van der Waals surface area contributed by atoms with Gasteiger partial charge in [-0.25, -0.2) is 15.0 Å². The Balaban J connectivity index is 2.54. The SMILES string of the molecule is CCCc1nc(-c2cncn2C(C)C)nc(NCC)c1I. The van der Waals surface area contributed by atoms with Gasteiger partial charge < -0.3 is 9.88 Å². The van der Waals surface area contributed by atoms with Gasteiger partial charge in [-0.05, 0) is 49.8 Å². The van der Waals surface area contributed by atoms with E-state index in [4.69, 9.17) is 9.97 Å². The van der Waals surface area contributed by atoms with Crippen LogP contribution in [-0.4, -0.2) is 26.1 Å². The van der Waals surface area contributed by atoms with Crippen LogP contribution in [0.1, 0.15) is 45.9 Å². The van der Waals surface area contributed by atoms with Crippen molar-refractivity contribution in [3.05, 3.63) is 21.8 Å². The molecule has 0 aliphatic rings. The molecule has 5 nitrogen and oxygen atoms in total. The van der Waals surface area contributed by atoms with Gasteiger partial charge in [-0.15, -0.1) is 0 Å². The van der Waals surface area contributed by atoms with E-state index in [9.17, 15) is 0 Å². The lowest BCUT2D eigenvalue weighted by Crippen LogP contribution is -2.10. The van der Waals surface area contributed by atoms with Gasteiger partial charge in [0.25, 0.3) is 0 Å². The highest BCUT2D eigenvalue weighted by Gasteiger charge is 2.16. The topological polar surface area (TPSA) is 55.6 Å². The van der Waals surface area contributed by atoms with Gasteiger partial charge in [0, 0.05) is 12.6 Å². The number of imidazole rings is 1. The number of nitrogens with zero attached hydrogens (tertiary/aromatic N) is 4. The molecule has 6 heteroatoms. The van der Waals surface area contributed by atoms with Crippen molar-refractivity contribution in [3.63, 3.8) is 0 Å². The van der Waals surface area contributed by atoms with Gasteiger partial charge in [-0.2, -0.15) is 0 Å². The van der Waals surface area contributed by atoms with E-state index in [2.05, 4.69) is 65.2 Å². The number of halogens is 1. The lowest BCUT2D eigenvalue weighted by atomic mass is 10.2. The van der Waals surface area contributed by atoms with Crippen molar-refractivity contribution in [1.29, 1.82) is 0 Å². The predicted molar refractivity (Wildman–Crippen MR) is 94.5 cm³/mol. The first-order valence-corrected chi connectivity index (χ1v) is 8.48. The summed E-state index contributed by atoms with van der Waals surface area (Å²) in [6.45, 7) is 9.37. The molecule has 2 heterocycles. The molecule has 0 atom stereocenters. The summed E-state index contributed by atoms with van der Waals surface area (Å²) in [6.07, 6.45) is 5.71. The summed E-state index contributed by atoms with van der Waals surface area (Å²) in [4.78, 5) is 13.7. The zero-order valence-corrected chi connectivity index (χ0v) is 15.2.